The van der Waals surface area contributed by atoms with Crippen molar-refractivity contribution in [1.29, 1.82) is 0 Å². The molecule has 2 aliphatic rings. The Kier molecular flexibility index (Phi) is 2.27. The lowest BCUT2D eigenvalue weighted by atomic mass is 10.3. The van der Waals surface area contributed by atoms with Crippen LogP contribution in [0.5, 0.6) is 0 Å². The zero-order valence-electron chi connectivity index (χ0n) is 9.82. The molecule has 2 fully saturated rings. The van der Waals surface area contributed by atoms with Crippen LogP contribution in [0.25, 0.3) is 0 Å². The van der Waals surface area contributed by atoms with Gasteiger partial charge in [-0.3, -0.25) is 0 Å². The number of nitrogens with zero attached hydrogens (tertiary/aromatic N) is 2. The van der Waals surface area contributed by atoms with Crippen molar-refractivity contribution in [3.8, 4) is 0 Å². The van der Waals surface area contributed by atoms with E-state index in [0.29, 0.717) is 6.04 Å². The van der Waals surface area contributed by atoms with E-state index in [1.54, 1.807) is 0 Å². The van der Waals surface area contributed by atoms with Crippen molar-refractivity contribution in [2.24, 2.45) is 5.92 Å². The highest BCUT2D eigenvalue weighted by molar-refractivity contribution is 5.64. The lowest BCUT2D eigenvalue weighted by molar-refractivity contribution is 0.709. The Morgan fingerprint density at radius 1 is 1.31 bits per heavy atom. The second-order valence-electron chi connectivity index (χ2n) is 5.19. The van der Waals surface area contributed by atoms with Gasteiger partial charge in [-0.05, 0) is 50.7 Å². The number of anilines is 2. The SMILES string of the molecule is Cc1ccc(N)c(N(CC2CC2)C2CC2)n1. The predicted molar refractivity (Wildman–Crippen MR) is 66.5 cm³/mol. The van der Waals surface area contributed by atoms with E-state index in [1.807, 2.05) is 19.1 Å². The first kappa shape index (κ1) is 9.94. The van der Waals surface area contributed by atoms with E-state index in [2.05, 4.69) is 9.88 Å². The number of hydrogen-bond donors (Lipinski definition) is 1. The summed E-state index contributed by atoms with van der Waals surface area (Å²) >= 11 is 0. The van der Waals surface area contributed by atoms with Crippen molar-refractivity contribution in [3.05, 3.63) is 17.8 Å². The molecule has 0 radical (unpaired) electrons. The molecule has 0 aliphatic heterocycles. The Hall–Kier alpha value is -1.25. The zero-order valence-corrected chi connectivity index (χ0v) is 9.82. The molecular formula is C13H19N3. The third-order valence-corrected chi connectivity index (χ3v) is 3.46. The fourth-order valence-electron chi connectivity index (χ4n) is 2.16. The highest BCUT2D eigenvalue weighted by Gasteiger charge is 2.35. The molecule has 3 nitrogen and oxygen atoms in total. The van der Waals surface area contributed by atoms with Crippen LogP contribution in [0, 0.1) is 12.8 Å². The number of aromatic nitrogens is 1. The maximum Gasteiger partial charge on any atom is 0.152 e. The Labute approximate surface area is 96.7 Å². The Morgan fingerprint density at radius 3 is 2.69 bits per heavy atom. The molecule has 0 unspecified atom stereocenters. The molecule has 2 saturated carbocycles. The standard InChI is InChI=1S/C13H19N3/c1-9-2-7-12(14)13(15-9)16(11-5-6-11)8-10-3-4-10/h2,7,10-11H,3-6,8,14H2,1H3. The van der Waals surface area contributed by atoms with Crippen LogP contribution in [0.4, 0.5) is 11.5 Å². The topological polar surface area (TPSA) is 42.1 Å². The monoisotopic (exact) mass is 217 g/mol. The van der Waals surface area contributed by atoms with E-state index in [1.165, 1.54) is 25.7 Å². The molecule has 0 spiro atoms. The maximum atomic E-state index is 6.05. The summed E-state index contributed by atoms with van der Waals surface area (Å²) in [5.74, 6) is 1.91. The summed E-state index contributed by atoms with van der Waals surface area (Å²) in [7, 11) is 0. The van der Waals surface area contributed by atoms with Gasteiger partial charge in [0, 0.05) is 18.3 Å². The van der Waals surface area contributed by atoms with E-state index in [-0.39, 0.29) is 0 Å². The molecule has 2 aliphatic carbocycles. The van der Waals surface area contributed by atoms with Gasteiger partial charge < -0.3 is 10.6 Å². The van der Waals surface area contributed by atoms with Gasteiger partial charge in [0.1, 0.15) is 0 Å². The summed E-state index contributed by atoms with van der Waals surface area (Å²) in [6, 6.07) is 4.68. The Morgan fingerprint density at radius 2 is 2.06 bits per heavy atom. The van der Waals surface area contributed by atoms with Gasteiger partial charge in [0.05, 0.1) is 5.69 Å². The minimum absolute atomic E-state index is 0.706. The molecular weight excluding hydrogens is 198 g/mol. The van der Waals surface area contributed by atoms with Crippen LogP contribution >= 0.6 is 0 Å². The van der Waals surface area contributed by atoms with Crippen LogP contribution < -0.4 is 10.6 Å². The largest absolute Gasteiger partial charge is 0.396 e. The lowest BCUT2D eigenvalue weighted by Crippen LogP contribution is -2.29. The van der Waals surface area contributed by atoms with E-state index >= 15 is 0 Å². The summed E-state index contributed by atoms with van der Waals surface area (Å²) in [4.78, 5) is 7.06. The highest BCUT2D eigenvalue weighted by atomic mass is 15.2. The lowest BCUT2D eigenvalue weighted by Gasteiger charge is -2.25. The smallest absolute Gasteiger partial charge is 0.152 e. The number of nitrogen functional groups attached to an aromatic ring is 1. The van der Waals surface area contributed by atoms with Gasteiger partial charge in [0.15, 0.2) is 5.82 Å². The van der Waals surface area contributed by atoms with Gasteiger partial charge in [-0.2, -0.15) is 0 Å². The van der Waals surface area contributed by atoms with Crippen molar-refractivity contribution in [3.63, 3.8) is 0 Å². The average Bonchev–Trinajstić information content (AvgIpc) is 3.12. The number of nitrogens with two attached hydrogens (primary N) is 1. The van der Waals surface area contributed by atoms with Crippen molar-refractivity contribution in [1.82, 2.24) is 4.98 Å². The predicted octanol–water partition coefficient (Wildman–Crippen LogP) is 2.35. The highest BCUT2D eigenvalue weighted by Crippen LogP contribution is 2.38. The first-order valence-corrected chi connectivity index (χ1v) is 6.24. The minimum atomic E-state index is 0.706. The molecule has 0 bridgehead atoms. The Bertz CT molecular complexity index is 394. The molecule has 3 heteroatoms. The molecule has 3 rings (SSSR count). The molecule has 2 N–H and O–H groups in total. The van der Waals surface area contributed by atoms with Gasteiger partial charge in [0.25, 0.3) is 0 Å². The van der Waals surface area contributed by atoms with E-state index < -0.39 is 0 Å². The van der Waals surface area contributed by atoms with Crippen LogP contribution in [0.2, 0.25) is 0 Å². The quantitative estimate of drug-likeness (QED) is 0.841. The van der Waals surface area contributed by atoms with Crippen LogP contribution in [0.3, 0.4) is 0 Å². The first-order valence-electron chi connectivity index (χ1n) is 6.24. The number of pyridine rings is 1. The maximum absolute atomic E-state index is 6.05. The van der Waals surface area contributed by atoms with E-state index in [9.17, 15) is 0 Å². The number of aryl methyl sites for hydroxylation is 1. The van der Waals surface area contributed by atoms with Gasteiger partial charge in [-0.15, -0.1) is 0 Å². The molecule has 1 aromatic heterocycles. The number of rotatable bonds is 4. The fourth-order valence-corrected chi connectivity index (χ4v) is 2.16. The first-order chi connectivity index (χ1) is 7.74. The zero-order chi connectivity index (χ0) is 11.1. The van der Waals surface area contributed by atoms with E-state index in [0.717, 1.165) is 29.7 Å². The summed E-state index contributed by atoms with van der Waals surface area (Å²) < 4.78 is 0. The van der Waals surface area contributed by atoms with Crippen LogP contribution in [0.1, 0.15) is 31.4 Å². The summed E-state index contributed by atoms with van der Waals surface area (Å²) in [6.07, 6.45) is 5.38. The van der Waals surface area contributed by atoms with Crippen molar-refractivity contribution in [2.75, 3.05) is 17.2 Å². The molecule has 16 heavy (non-hydrogen) atoms. The molecule has 0 aromatic carbocycles. The molecule has 0 saturated heterocycles. The molecule has 1 heterocycles. The molecule has 1 aromatic rings. The minimum Gasteiger partial charge on any atom is -0.396 e. The van der Waals surface area contributed by atoms with Gasteiger partial charge >= 0.3 is 0 Å². The molecule has 86 valence electrons. The third kappa shape index (κ3) is 1.99. The number of hydrogen-bond acceptors (Lipinski definition) is 3. The van der Waals surface area contributed by atoms with Crippen LogP contribution in [-0.4, -0.2) is 17.6 Å². The third-order valence-electron chi connectivity index (χ3n) is 3.46. The summed E-state index contributed by atoms with van der Waals surface area (Å²) in [6.45, 7) is 3.19. The summed E-state index contributed by atoms with van der Waals surface area (Å²) in [5, 5.41) is 0. The van der Waals surface area contributed by atoms with Gasteiger partial charge in [-0.1, -0.05) is 0 Å². The normalized spacial score (nSPS) is 19.8. The Balaban J connectivity index is 1.87. The fraction of sp³-hybridized carbons (Fsp3) is 0.615. The average molecular weight is 217 g/mol. The second-order valence-corrected chi connectivity index (χ2v) is 5.19. The van der Waals surface area contributed by atoms with Crippen LogP contribution in [0.15, 0.2) is 12.1 Å². The molecule has 0 amide bonds. The second kappa shape index (κ2) is 3.65. The van der Waals surface area contributed by atoms with Gasteiger partial charge in [0.2, 0.25) is 0 Å². The van der Waals surface area contributed by atoms with Gasteiger partial charge in [-0.25, -0.2) is 4.98 Å². The van der Waals surface area contributed by atoms with Crippen molar-refractivity contribution >= 4 is 11.5 Å². The van der Waals surface area contributed by atoms with Crippen LogP contribution in [-0.2, 0) is 0 Å². The van der Waals surface area contributed by atoms with Crippen molar-refractivity contribution < 1.29 is 0 Å². The van der Waals surface area contributed by atoms with Crippen molar-refractivity contribution in [2.45, 2.75) is 38.6 Å². The molecule has 0 atom stereocenters. The van der Waals surface area contributed by atoms with E-state index in [4.69, 9.17) is 5.73 Å². The summed E-state index contributed by atoms with van der Waals surface area (Å²) in [5.41, 5.74) is 7.94.